The largest absolute Gasteiger partial charge is 0.329 e. The highest BCUT2D eigenvalue weighted by atomic mass is 15.1. The molecule has 1 aliphatic heterocycles. The monoisotopic (exact) mass is 267 g/mol. The molecule has 3 atom stereocenters. The van der Waals surface area contributed by atoms with Crippen LogP contribution in [0, 0.1) is 5.92 Å². The van der Waals surface area contributed by atoms with Gasteiger partial charge in [-0.3, -0.25) is 0 Å². The van der Waals surface area contributed by atoms with Crippen molar-refractivity contribution in [3.8, 4) is 0 Å². The van der Waals surface area contributed by atoms with Crippen LogP contribution in [0.15, 0.2) is 0 Å². The first-order chi connectivity index (χ1) is 9.17. The van der Waals surface area contributed by atoms with Gasteiger partial charge < -0.3 is 16.0 Å². The average Bonchev–Trinajstić information content (AvgIpc) is 2.69. The van der Waals surface area contributed by atoms with Crippen molar-refractivity contribution < 1.29 is 0 Å². The smallest absolute Gasteiger partial charge is 0.0319 e. The number of likely N-dealkylation sites (tertiary alicyclic amines) is 1. The predicted molar refractivity (Wildman–Crippen MR) is 82.3 cm³/mol. The van der Waals surface area contributed by atoms with E-state index in [9.17, 15) is 0 Å². The molecule has 2 fully saturated rings. The molecule has 1 aliphatic carbocycles. The van der Waals surface area contributed by atoms with Crippen LogP contribution in [0.1, 0.15) is 58.8 Å². The lowest BCUT2D eigenvalue weighted by atomic mass is 9.89. The van der Waals surface area contributed by atoms with Gasteiger partial charge in [-0.2, -0.15) is 0 Å². The summed E-state index contributed by atoms with van der Waals surface area (Å²) in [5, 5.41) is 3.96. The first-order valence-corrected chi connectivity index (χ1v) is 8.37. The molecule has 0 aromatic carbocycles. The van der Waals surface area contributed by atoms with E-state index < -0.39 is 0 Å². The third-order valence-corrected chi connectivity index (χ3v) is 5.17. The molecule has 0 aromatic rings. The summed E-state index contributed by atoms with van der Waals surface area (Å²) in [6, 6.07) is 0.719. The zero-order valence-electron chi connectivity index (χ0n) is 13.0. The van der Waals surface area contributed by atoms with Crippen molar-refractivity contribution in [2.75, 3.05) is 26.2 Å². The second-order valence-corrected chi connectivity index (χ2v) is 6.94. The van der Waals surface area contributed by atoms with E-state index in [0.29, 0.717) is 0 Å². The summed E-state index contributed by atoms with van der Waals surface area (Å²) in [4.78, 5) is 2.62. The molecule has 3 unspecified atom stereocenters. The van der Waals surface area contributed by atoms with E-state index in [2.05, 4.69) is 24.1 Å². The van der Waals surface area contributed by atoms with Crippen molar-refractivity contribution in [3.63, 3.8) is 0 Å². The lowest BCUT2D eigenvalue weighted by Gasteiger charge is -2.36. The van der Waals surface area contributed by atoms with E-state index in [4.69, 9.17) is 5.73 Å². The summed E-state index contributed by atoms with van der Waals surface area (Å²) >= 11 is 0. The van der Waals surface area contributed by atoms with Crippen molar-refractivity contribution in [2.24, 2.45) is 11.7 Å². The minimum Gasteiger partial charge on any atom is -0.329 e. The Hall–Kier alpha value is -0.120. The third kappa shape index (κ3) is 4.17. The molecule has 0 spiro atoms. The Labute approximate surface area is 119 Å². The molecule has 0 amide bonds. The molecular weight excluding hydrogens is 234 g/mol. The van der Waals surface area contributed by atoms with Gasteiger partial charge in [0.1, 0.15) is 0 Å². The number of nitrogens with zero attached hydrogens (tertiary/aromatic N) is 1. The summed E-state index contributed by atoms with van der Waals surface area (Å²) in [5.41, 5.74) is 6.38. The number of rotatable bonds is 5. The zero-order chi connectivity index (χ0) is 13.7. The number of hydrogen-bond acceptors (Lipinski definition) is 3. The lowest BCUT2D eigenvalue weighted by molar-refractivity contribution is 0.240. The second-order valence-electron chi connectivity index (χ2n) is 6.94. The van der Waals surface area contributed by atoms with Crippen LogP contribution in [0.3, 0.4) is 0 Å². The Morgan fingerprint density at radius 1 is 1.26 bits per heavy atom. The molecule has 3 N–H and O–H groups in total. The van der Waals surface area contributed by atoms with Gasteiger partial charge in [0.2, 0.25) is 0 Å². The molecule has 1 saturated heterocycles. The predicted octanol–water partition coefficient (Wildman–Crippen LogP) is 2.36. The standard InChI is InChI=1S/C16H33N3/c1-3-9-19-10-4-7-16(13-17,8-11-19)18-15-6-5-14(2)12-15/h14-15,18H,3-13,17H2,1-2H3. The zero-order valence-corrected chi connectivity index (χ0v) is 13.0. The van der Waals surface area contributed by atoms with Crippen LogP contribution in [0.25, 0.3) is 0 Å². The maximum atomic E-state index is 6.16. The second kappa shape index (κ2) is 7.05. The molecule has 0 radical (unpaired) electrons. The molecule has 1 heterocycles. The van der Waals surface area contributed by atoms with Crippen molar-refractivity contribution in [2.45, 2.75) is 70.4 Å². The topological polar surface area (TPSA) is 41.3 Å². The van der Waals surface area contributed by atoms with Crippen LogP contribution in [-0.2, 0) is 0 Å². The molecule has 2 aliphatic rings. The Morgan fingerprint density at radius 3 is 2.74 bits per heavy atom. The molecule has 0 aromatic heterocycles. The van der Waals surface area contributed by atoms with Crippen LogP contribution in [0.4, 0.5) is 0 Å². The first-order valence-electron chi connectivity index (χ1n) is 8.37. The highest BCUT2D eigenvalue weighted by Crippen LogP contribution is 2.29. The number of nitrogens with one attached hydrogen (secondary N) is 1. The van der Waals surface area contributed by atoms with Crippen LogP contribution in [0.5, 0.6) is 0 Å². The highest BCUT2D eigenvalue weighted by Gasteiger charge is 2.34. The van der Waals surface area contributed by atoms with Crippen molar-refractivity contribution >= 4 is 0 Å². The molecule has 1 saturated carbocycles. The molecular formula is C16H33N3. The van der Waals surface area contributed by atoms with Crippen molar-refractivity contribution in [1.29, 1.82) is 0 Å². The Balaban J connectivity index is 1.90. The van der Waals surface area contributed by atoms with Gasteiger partial charge in [0, 0.05) is 18.1 Å². The van der Waals surface area contributed by atoms with Gasteiger partial charge in [-0.15, -0.1) is 0 Å². The maximum Gasteiger partial charge on any atom is 0.0319 e. The molecule has 2 rings (SSSR count). The minimum absolute atomic E-state index is 0.219. The maximum absolute atomic E-state index is 6.16. The third-order valence-electron chi connectivity index (χ3n) is 5.17. The number of hydrogen-bond donors (Lipinski definition) is 2. The van der Waals surface area contributed by atoms with Gasteiger partial charge in [-0.1, -0.05) is 13.8 Å². The van der Waals surface area contributed by atoms with Gasteiger partial charge >= 0.3 is 0 Å². The Bertz CT molecular complexity index is 269. The van der Waals surface area contributed by atoms with Gasteiger partial charge in [-0.05, 0) is 70.5 Å². The molecule has 3 nitrogen and oxygen atoms in total. The van der Waals surface area contributed by atoms with E-state index in [-0.39, 0.29) is 5.54 Å². The van der Waals surface area contributed by atoms with Gasteiger partial charge in [0.25, 0.3) is 0 Å². The average molecular weight is 267 g/mol. The van der Waals surface area contributed by atoms with Crippen molar-refractivity contribution in [1.82, 2.24) is 10.2 Å². The van der Waals surface area contributed by atoms with Gasteiger partial charge in [-0.25, -0.2) is 0 Å². The Kier molecular flexibility index (Phi) is 5.67. The molecule has 19 heavy (non-hydrogen) atoms. The summed E-state index contributed by atoms with van der Waals surface area (Å²) in [6.45, 7) is 9.20. The summed E-state index contributed by atoms with van der Waals surface area (Å²) in [7, 11) is 0. The lowest BCUT2D eigenvalue weighted by Crippen LogP contribution is -2.55. The normalized spacial score (nSPS) is 37.4. The fourth-order valence-corrected chi connectivity index (χ4v) is 3.97. The summed E-state index contributed by atoms with van der Waals surface area (Å²) in [5.74, 6) is 0.898. The van der Waals surface area contributed by atoms with Crippen LogP contribution >= 0.6 is 0 Å². The fraction of sp³-hybridized carbons (Fsp3) is 1.00. The molecule has 3 heteroatoms. The van der Waals surface area contributed by atoms with Gasteiger partial charge in [0.05, 0.1) is 0 Å². The highest BCUT2D eigenvalue weighted by molar-refractivity contribution is 4.96. The van der Waals surface area contributed by atoms with E-state index in [1.54, 1.807) is 0 Å². The summed E-state index contributed by atoms with van der Waals surface area (Å²) < 4.78 is 0. The summed E-state index contributed by atoms with van der Waals surface area (Å²) in [6.07, 6.45) is 9.14. The quantitative estimate of drug-likeness (QED) is 0.803. The van der Waals surface area contributed by atoms with E-state index in [1.165, 1.54) is 64.6 Å². The van der Waals surface area contributed by atoms with E-state index in [0.717, 1.165) is 18.5 Å². The molecule has 112 valence electrons. The van der Waals surface area contributed by atoms with Crippen molar-refractivity contribution in [3.05, 3.63) is 0 Å². The minimum atomic E-state index is 0.219. The number of nitrogens with two attached hydrogens (primary N) is 1. The fourth-order valence-electron chi connectivity index (χ4n) is 3.97. The molecule has 0 bridgehead atoms. The van der Waals surface area contributed by atoms with Gasteiger partial charge in [0.15, 0.2) is 0 Å². The van der Waals surface area contributed by atoms with Crippen LogP contribution in [0.2, 0.25) is 0 Å². The van der Waals surface area contributed by atoms with Crippen LogP contribution in [-0.4, -0.2) is 42.7 Å². The van der Waals surface area contributed by atoms with Crippen LogP contribution < -0.4 is 11.1 Å². The van der Waals surface area contributed by atoms with E-state index >= 15 is 0 Å². The van der Waals surface area contributed by atoms with E-state index in [1.807, 2.05) is 0 Å². The first kappa shape index (κ1) is 15.3. The SMILES string of the molecule is CCCN1CCCC(CN)(NC2CCC(C)C2)CC1. The Morgan fingerprint density at radius 2 is 2.11 bits per heavy atom.